The summed E-state index contributed by atoms with van der Waals surface area (Å²) in [6.07, 6.45) is 15.8. The number of allylic oxidation sites excluding steroid dienone is 3. The van der Waals surface area contributed by atoms with Crippen LogP contribution in [0.1, 0.15) is 37.5 Å². The number of benzene rings is 1. The van der Waals surface area contributed by atoms with Crippen molar-refractivity contribution in [3.05, 3.63) is 65.7 Å². The molecule has 0 spiro atoms. The number of thiazole rings is 1. The van der Waals surface area contributed by atoms with Crippen molar-refractivity contribution in [1.82, 2.24) is 4.98 Å². The quantitative estimate of drug-likeness (QED) is 0.619. The normalized spacial score (nSPS) is 25.2. The second-order valence-electron chi connectivity index (χ2n) is 9.39. The summed E-state index contributed by atoms with van der Waals surface area (Å²) in [4.78, 5) is 24.1. The van der Waals surface area contributed by atoms with Crippen LogP contribution in [0, 0.1) is 5.41 Å². The van der Waals surface area contributed by atoms with Crippen LogP contribution in [0.25, 0.3) is 11.3 Å². The largest absolute Gasteiger partial charge is 0.483 e. The highest BCUT2D eigenvalue weighted by Gasteiger charge is 2.46. The maximum atomic E-state index is 11.5. The molecule has 0 bridgehead atoms. The van der Waals surface area contributed by atoms with Crippen molar-refractivity contribution in [3.63, 3.8) is 0 Å². The predicted octanol–water partition coefficient (Wildman–Crippen LogP) is 5.45. The third kappa shape index (κ3) is 4.25. The average Bonchev–Trinajstić information content (AvgIpc) is 3.23. The lowest BCUT2D eigenvalue weighted by Crippen LogP contribution is -2.59. The van der Waals surface area contributed by atoms with E-state index in [2.05, 4.69) is 47.2 Å². The molecule has 2 aromatic rings. The number of aliphatic imine (C=N–C) groups is 1. The molecule has 1 fully saturated rings. The number of hydrogen-bond acceptors (Lipinski definition) is 6. The minimum absolute atomic E-state index is 0.164. The van der Waals surface area contributed by atoms with Crippen LogP contribution in [-0.2, 0) is 4.79 Å². The van der Waals surface area contributed by atoms with Crippen molar-refractivity contribution < 1.29 is 14.6 Å². The fourth-order valence-electron chi connectivity index (χ4n) is 4.37. The zero-order chi connectivity index (χ0) is 23.1. The first-order valence-corrected chi connectivity index (χ1v) is 12.0. The van der Waals surface area contributed by atoms with E-state index in [1.54, 1.807) is 18.3 Å². The molecule has 1 aromatic heterocycles. The van der Waals surface area contributed by atoms with Gasteiger partial charge in [0.1, 0.15) is 11.4 Å². The Morgan fingerprint density at radius 1 is 1.18 bits per heavy atom. The van der Waals surface area contributed by atoms with E-state index < -0.39 is 11.4 Å². The van der Waals surface area contributed by atoms with Gasteiger partial charge in [-0.2, -0.15) is 0 Å². The molecule has 1 aromatic carbocycles. The van der Waals surface area contributed by atoms with Crippen molar-refractivity contribution >= 4 is 28.7 Å². The molecular weight excluding hydrogens is 434 g/mol. The molecule has 0 radical (unpaired) electrons. The van der Waals surface area contributed by atoms with Crippen molar-refractivity contribution in [2.45, 2.75) is 38.2 Å². The van der Waals surface area contributed by atoms with Crippen LogP contribution < -0.4 is 9.64 Å². The Kier molecular flexibility index (Phi) is 5.44. The van der Waals surface area contributed by atoms with Crippen molar-refractivity contribution in [2.24, 2.45) is 10.4 Å². The highest BCUT2D eigenvalue weighted by Crippen LogP contribution is 2.43. The van der Waals surface area contributed by atoms with E-state index in [9.17, 15) is 9.90 Å². The van der Waals surface area contributed by atoms with Crippen LogP contribution in [0.3, 0.4) is 0 Å². The molecule has 1 aliphatic carbocycles. The first-order chi connectivity index (χ1) is 15.9. The Morgan fingerprint density at radius 3 is 2.61 bits per heavy atom. The van der Waals surface area contributed by atoms with Crippen LogP contribution in [0.15, 0.2) is 65.8 Å². The molecule has 6 nitrogen and oxygen atoms in total. The number of nitrogens with zero attached hydrogens (tertiary/aromatic N) is 3. The SMILES string of the molecule is CC1(Oc2ccc(-c3nc(N4CC(C)(C(=O)O)C4)sc3C3C=NC=CC3)cc2)C=CC=CC1. The molecule has 3 heterocycles. The number of rotatable bonds is 6. The van der Waals surface area contributed by atoms with Crippen LogP contribution in [-0.4, -0.2) is 41.0 Å². The Bertz CT molecular complexity index is 1170. The molecule has 7 heteroatoms. The van der Waals surface area contributed by atoms with Crippen LogP contribution in [0.4, 0.5) is 5.13 Å². The minimum Gasteiger partial charge on any atom is -0.483 e. The van der Waals surface area contributed by atoms with Crippen molar-refractivity contribution in [3.8, 4) is 17.0 Å². The van der Waals surface area contributed by atoms with Gasteiger partial charge in [-0.05, 0) is 50.6 Å². The Hall–Kier alpha value is -3.19. The molecule has 1 N–H and O–H groups in total. The number of anilines is 1. The predicted molar refractivity (Wildman–Crippen MR) is 132 cm³/mol. The molecule has 0 saturated carbocycles. The van der Waals surface area contributed by atoms with Gasteiger partial charge in [0.25, 0.3) is 0 Å². The summed E-state index contributed by atoms with van der Waals surface area (Å²) in [7, 11) is 0. The molecule has 33 heavy (non-hydrogen) atoms. The van der Waals surface area contributed by atoms with E-state index in [1.807, 2.05) is 36.7 Å². The summed E-state index contributed by atoms with van der Waals surface area (Å²) in [5.74, 6) is 0.227. The maximum absolute atomic E-state index is 11.5. The maximum Gasteiger partial charge on any atom is 0.312 e. The molecule has 0 amide bonds. The van der Waals surface area contributed by atoms with Gasteiger partial charge in [-0.15, -0.1) is 11.3 Å². The lowest BCUT2D eigenvalue weighted by Gasteiger charge is -2.44. The number of aliphatic carboxylic acids is 1. The van der Waals surface area contributed by atoms with Gasteiger partial charge in [0, 0.05) is 48.3 Å². The van der Waals surface area contributed by atoms with Gasteiger partial charge >= 0.3 is 5.97 Å². The monoisotopic (exact) mass is 461 g/mol. The van der Waals surface area contributed by atoms with E-state index in [0.29, 0.717) is 13.1 Å². The van der Waals surface area contributed by atoms with Crippen LogP contribution >= 0.6 is 11.3 Å². The highest BCUT2D eigenvalue weighted by molar-refractivity contribution is 7.16. The zero-order valence-corrected chi connectivity index (χ0v) is 19.6. The molecule has 5 rings (SSSR count). The number of aromatic nitrogens is 1. The van der Waals surface area contributed by atoms with E-state index in [0.717, 1.165) is 39.9 Å². The third-order valence-electron chi connectivity index (χ3n) is 6.39. The topological polar surface area (TPSA) is 75.0 Å². The molecule has 2 aliphatic heterocycles. The molecule has 2 unspecified atom stereocenters. The van der Waals surface area contributed by atoms with E-state index in [1.165, 1.54) is 0 Å². The van der Waals surface area contributed by atoms with Gasteiger partial charge in [-0.1, -0.05) is 24.3 Å². The smallest absolute Gasteiger partial charge is 0.312 e. The Morgan fingerprint density at radius 2 is 1.97 bits per heavy atom. The van der Waals surface area contributed by atoms with E-state index >= 15 is 0 Å². The summed E-state index contributed by atoms with van der Waals surface area (Å²) in [5.41, 5.74) is 0.908. The number of carboxylic acids is 1. The number of carboxylic acid groups (broad SMARTS) is 1. The fraction of sp³-hybridized carbons (Fsp3) is 0.346. The fourth-order valence-corrected chi connectivity index (χ4v) is 5.53. The van der Waals surface area contributed by atoms with Crippen LogP contribution in [0.5, 0.6) is 5.75 Å². The molecule has 3 aliphatic rings. The second kappa shape index (κ2) is 8.30. The highest BCUT2D eigenvalue weighted by atomic mass is 32.1. The Labute approximate surface area is 197 Å². The summed E-state index contributed by atoms with van der Waals surface area (Å²) >= 11 is 1.64. The van der Waals surface area contributed by atoms with Crippen LogP contribution in [0.2, 0.25) is 0 Å². The molecule has 1 saturated heterocycles. The van der Waals surface area contributed by atoms with E-state index in [4.69, 9.17) is 9.72 Å². The lowest BCUT2D eigenvalue weighted by atomic mass is 9.82. The summed E-state index contributed by atoms with van der Waals surface area (Å²) < 4.78 is 6.25. The zero-order valence-electron chi connectivity index (χ0n) is 18.8. The number of carbonyl (C=O) groups is 1. The average molecular weight is 462 g/mol. The second-order valence-corrected chi connectivity index (χ2v) is 10.4. The van der Waals surface area contributed by atoms with Gasteiger partial charge in [0.15, 0.2) is 5.13 Å². The Balaban J connectivity index is 1.41. The molecule has 170 valence electrons. The third-order valence-corrected chi connectivity index (χ3v) is 7.64. The number of ether oxygens (including phenoxy) is 1. The number of hydrogen-bond donors (Lipinski definition) is 1. The van der Waals surface area contributed by atoms with Gasteiger partial charge in [0.05, 0.1) is 11.1 Å². The lowest BCUT2D eigenvalue weighted by molar-refractivity contribution is -0.149. The standard InChI is InChI=1S/C26H27N3O3S/c1-25(23(30)31)16-29(17-25)24-28-21(22(33-24)19-7-6-14-27-15-19)18-8-10-20(11-9-18)32-26(2)12-4-3-5-13-26/h3-6,8-12,14-15,19H,7,13,16-17H2,1-2H3,(H,30,31). The van der Waals surface area contributed by atoms with Gasteiger partial charge in [-0.3, -0.25) is 9.79 Å². The molecule has 2 atom stereocenters. The van der Waals surface area contributed by atoms with Crippen molar-refractivity contribution in [2.75, 3.05) is 18.0 Å². The minimum atomic E-state index is -0.757. The summed E-state index contributed by atoms with van der Waals surface area (Å²) in [6, 6.07) is 8.10. The van der Waals surface area contributed by atoms with Gasteiger partial charge < -0.3 is 14.7 Å². The van der Waals surface area contributed by atoms with E-state index in [-0.39, 0.29) is 11.5 Å². The van der Waals surface area contributed by atoms with Gasteiger partial charge in [0.2, 0.25) is 0 Å². The first kappa shape index (κ1) is 21.6. The first-order valence-electron chi connectivity index (χ1n) is 11.2. The van der Waals surface area contributed by atoms with Crippen molar-refractivity contribution in [1.29, 1.82) is 0 Å². The van der Waals surface area contributed by atoms with Gasteiger partial charge in [-0.25, -0.2) is 4.98 Å². The summed E-state index contributed by atoms with van der Waals surface area (Å²) in [6.45, 7) is 4.82. The molecular formula is C26H27N3O3S. The summed E-state index contributed by atoms with van der Waals surface area (Å²) in [5, 5.41) is 10.3.